The Morgan fingerprint density at radius 2 is 2.14 bits per heavy atom. The van der Waals surface area contributed by atoms with Crippen molar-refractivity contribution in [1.82, 2.24) is 4.90 Å². The van der Waals surface area contributed by atoms with Crippen molar-refractivity contribution in [3.8, 4) is 0 Å². The Balaban J connectivity index is 2.35. The van der Waals surface area contributed by atoms with E-state index in [4.69, 9.17) is 15.4 Å². The molecule has 1 saturated heterocycles. The summed E-state index contributed by atoms with van der Waals surface area (Å²) in [4.78, 5) is 12.9. The normalized spacial score (nSPS) is 20.6. The summed E-state index contributed by atoms with van der Waals surface area (Å²) in [7, 11) is 4.19. The first kappa shape index (κ1) is 11.8. The fourth-order valence-corrected chi connectivity index (χ4v) is 2.55. The van der Waals surface area contributed by atoms with Crippen molar-refractivity contribution >= 4 is 26.8 Å². The van der Waals surface area contributed by atoms with Gasteiger partial charge in [0.1, 0.15) is 10.0 Å². The van der Waals surface area contributed by atoms with Crippen LogP contribution in [0.15, 0.2) is 0 Å². The topological polar surface area (TPSA) is 46.6 Å². The minimum absolute atomic E-state index is 0.0161. The lowest BCUT2D eigenvalue weighted by Crippen LogP contribution is -2.41. The quantitative estimate of drug-likeness (QED) is 0.687. The van der Waals surface area contributed by atoms with E-state index >= 15 is 0 Å². The lowest BCUT2D eigenvalue weighted by atomic mass is 10.1. The fourth-order valence-electron chi connectivity index (χ4n) is 1.44. The molecule has 1 rings (SSSR count). The molecular weight excluding hydrogens is 226 g/mol. The standard InChI is InChI=1S/C8H14ClNO3S/c1-2-13-8(11)10-5-3-7(4-6-10)14(9)12/h7H,2-6H2,1H3. The van der Waals surface area contributed by atoms with Crippen molar-refractivity contribution in [1.29, 1.82) is 0 Å². The van der Waals surface area contributed by atoms with Crippen LogP contribution in [0, 0.1) is 0 Å². The summed E-state index contributed by atoms with van der Waals surface area (Å²) >= 11 is 0. The molecular formula is C8H14ClNO3S. The third-order valence-corrected chi connectivity index (χ3v) is 3.98. The monoisotopic (exact) mass is 239 g/mol. The summed E-state index contributed by atoms with van der Waals surface area (Å²) in [5.41, 5.74) is 0. The molecule has 6 heteroatoms. The van der Waals surface area contributed by atoms with Gasteiger partial charge in [0.2, 0.25) is 0 Å². The van der Waals surface area contributed by atoms with E-state index in [-0.39, 0.29) is 11.3 Å². The van der Waals surface area contributed by atoms with Gasteiger partial charge in [0.25, 0.3) is 0 Å². The molecule has 82 valence electrons. The van der Waals surface area contributed by atoms with E-state index in [0.29, 0.717) is 32.5 Å². The van der Waals surface area contributed by atoms with Crippen molar-refractivity contribution < 1.29 is 13.7 Å². The number of carbonyl (C=O) groups excluding carboxylic acids is 1. The maximum atomic E-state index is 11.3. The van der Waals surface area contributed by atoms with Crippen LogP contribution in [-0.4, -0.2) is 40.1 Å². The van der Waals surface area contributed by atoms with Crippen LogP contribution in [0.25, 0.3) is 0 Å². The van der Waals surface area contributed by atoms with E-state index < -0.39 is 10.0 Å². The van der Waals surface area contributed by atoms with E-state index in [9.17, 15) is 9.00 Å². The molecule has 1 unspecified atom stereocenters. The summed E-state index contributed by atoms with van der Waals surface area (Å²) < 4.78 is 15.8. The van der Waals surface area contributed by atoms with Gasteiger partial charge in [-0.3, -0.25) is 0 Å². The number of ether oxygens (including phenoxy) is 1. The number of halogens is 1. The third kappa shape index (κ3) is 3.13. The molecule has 1 heterocycles. The molecule has 0 bridgehead atoms. The van der Waals surface area contributed by atoms with Gasteiger partial charge in [0.05, 0.1) is 11.9 Å². The van der Waals surface area contributed by atoms with Crippen molar-refractivity contribution in [2.75, 3.05) is 19.7 Å². The molecule has 1 fully saturated rings. The predicted octanol–water partition coefficient (Wildman–Crippen LogP) is 1.51. The molecule has 0 aromatic carbocycles. The van der Waals surface area contributed by atoms with Gasteiger partial charge in [-0.15, -0.1) is 0 Å². The fraction of sp³-hybridized carbons (Fsp3) is 0.875. The first-order valence-corrected chi connectivity index (χ1v) is 6.67. The highest BCUT2D eigenvalue weighted by molar-refractivity contribution is 8.08. The van der Waals surface area contributed by atoms with Crippen molar-refractivity contribution in [2.45, 2.75) is 25.0 Å². The molecule has 0 aromatic rings. The van der Waals surface area contributed by atoms with Crippen LogP contribution in [-0.2, 0) is 14.7 Å². The van der Waals surface area contributed by atoms with Crippen molar-refractivity contribution in [3.63, 3.8) is 0 Å². The smallest absolute Gasteiger partial charge is 0.409 e. The molecule has 0 aliphatic carbocycles. The van der Waals surface area contributed by atoms with Crippen LogP contribution in [0.4, 0.5) is 4.79 Å². The van der Waals surface area contributed by atoms with Crippen LogP contribution in [0.3, 0.4) is 0 Å². The molecule has 0 N–H and O–H groups in total. The average Bonchev–Trinajstić information content (AvgIpc) is 2.18. The Hall–Kier alpha value is -0.290. The predicted molar refractivity (Wildman–Crippen MR) is 55.6 cm³/mol. The molecule has 1 amide bonds. The van der Waals surface area contributed by atoms with Gasteiger partial charge in [-0.1, -0.05) is 0 Å². The maximum Gasteiger partial charge on any atom is 0.409 e. The minimum atomic E-state index is -1.29. The number of amides is 1. The number of piperidine rings is 1. The summed E-state index contributed by atoms with van der Waals surface area (Å²) in [6, 6.07) is 0. The van der Waals surface area contributed by atoms with Gasteiger partial charge in [0.15, 0.2) is 0 Å². The molecule has 0 aromatic heterocycles. The minimum Gasteiger partial charge on any atom is -0.450 e. The van der Waals surface area contributed by atoms with Gasteiger partial charge in [-0.25, -0.2) is 9.00 Å². The largest absolute Gasteiger partial charge is 0.450 e. The van der Waals surface area contributed by atoms with Gasteiger partial charge in [0, 0.05) is 13.1 Å². The molecule has 0 spiro atoms. The van der Waals surface area contributed by atoms with Gasteiger partial charge in [-0.2, -0.15) is 0 Å². The number of rotatable bonds is 2. The highest BCUT2D eigenvalue weighted by Gasteiger charge is 2.26. The second-order valence-corrected chi connectivity index (χ2v) is 5.21. The van der Waals surface area contributed by atoms with E-state index in [2.05, 4.69) is 0 Å². The summed E-state index contributed by atoms with van der Waals surface area (Å²) in [5.74, 6) is 0. The Labute approximate surface area is 90.5 Å². The van der Waals surface area contributed by atoms with Crippen molar-refractivity contribution in [2.24, 2.45) is 0 Å². The molecule has 0 radical (unpaired) electrons. The highest BCUT2D eigenvalue weighted by atomic mass is 35.7. The molecule has 1 aliphatic rings. The Kier molecular flexibility index (Phi) is 4.68. The van der Waals surface area contributed by atoms with Crippen LogP contribution >= 0.6 is 10.7 Å². The summed E-state index contributed by atoms with van der Waals surface area (Å²) in [5, 5.41) is 0.0161. The van der Waals surface area contributed by atoms with E-state index in [1.807, 2.05) is 0 Å². The van der Waals surface area contributed by atoms with Crippen molar-refractivity contribution in [3.05, 3.63) is 0 Å². The molecule has 4 nitrogen and oxygen atoms in total. The lowest BCUT2D eigenvalue weighted by molar-refractivity contribution is 0.100. The summed E-state index contributed by atoms with van der Waals surface area (Å²) in [6.45, 7) is 3.34. The first-order valence-electron chi connectivity index (χ1n) is 4.63. The first-order chi connectivity index (χ1) is 6.65. The van der Waals surface area contributed by atoms with Gasteiger partial charge < -0.3 is 9.64 Å². The molecule has 14 heavy (non-hydrogen) atoms. The number of hydrogen-bond acceptors (Lipinski definition) is 3. The van der Waals surface area contributed by atoms with Crippen LogP contribution in [0.5, 0.6) is 0 Å². The number of hydrogen-bond donors (Lipinski definition) is 0. The number of carbonyl (C=O) groups is 1. The zero-order valence-corrected chi connectivity index (χ0v) is 9.64. The Morgan fingerprint density at radius 3 is 2.57 bits per heavy atom. The van der Waals surface area contributed by atoms with E-state index in [0.717, 1.165) is 0 Å². The SMILES string of the molecule is CCOC(=O)N1CCC(S(=O)Cl)CC1. The second-order valence-electron chi connectivity index (χ2n) is 3.13. The van der Waals surface area contributed by atoms with Crippen LogP contribution in [0.2, 0.25) is 0 Å². The third-order valence-electron chi connectivity index (χ3n) is 2.23. The van der Waals surface area contributed by atoms with Gasteiger partial charge in [-0.05, 0) is 30.4 Å². The zero-order chi connectivity index (χ0) is 10.6. The highest BCUT2D eigenvalue weighted by Crippen LogP contribution is 2.18. The van der Waals surface area contributed by atoms with Crippen LogP contribution < -0.4 is 0 Å². The van der Waals surface area contributed by atoms with E-state index in [1.54, 1.807) is 11.8 Å². The molecule has 0 saturated carbocycles. The molecule has 1 aliphatic heterocycles. The zero-order valence-electron chi connectivity index (χ0n) is 8.07. The number of likely N-dealkylation sites (tertiary alicyclic amines) is 1. The van der Waals surface area contributed by atoms with Gasteiger partial charge >= 0.3 is 6.09 Å². The average molecular weight is 240 g/mol. The number of nitrogens with zero attached hydrogens (tertiary/aromatic N) is 1. The Morgan fingerprint density at radius 1 is 1.57 bits per heavy atom. The maximum absolute atomic E-state index is 11.3. The van der Waals surface area contributed by atoms with E-state index in [1.165, 1.54) is 0 Å². The Bertz CT molecular complexity index is 229. The van der Waals surface area contributed by atoms with Crippen LogP contribution in [0.1, 0.15) is 19.8 Å². The molecule has 1 atom stereocenters. The lowest BCUT2D eigenvalue weighted by Gasteiger charge is -2.29. The second kappa shape index (κ2) is 5.56. The summed E-state index contributed by atoms with van der Waals surface area (Å²) in [6.07, 6.45) is 1.09.